The molecule has 1 rings (SSSR count). The number of aromatic hydroxyl groups is 1. The molecule has 0 saturated heterocycles. The van der Waals surface area contributed by atoms with E-state index in [1.807, 2.05) is 0 Å². The first-order valence-electron chi connectivity index (χ1n) is 9.56. The Morgan fingerprint density at radius 3 is 2.39 bits per heavy atom. The van der Waals surface area contributed by atoms with Gasteiger partial charge in [-0.15, -0.1) is 0 Å². The molecule has 0 heterocycles. The lowest BCUT2D eigenvalue weighted by Crippen LogP contribution is -2.16. The quantitative estimate of drug-likeness (QED) is 0.516. The topological polar surface area (TPSA) is 32.3 Å². The van der Waals surface area contributed by atoms with Crippen LogP contribution >= 0.6 is 0 Å². The van der Waals surface area contributed by atoms with Gasteiger partial charge in [-0.05, 0) is 61.4 Å². The molecule has 1 aromatic carbocycles. The van der Waals surface area contributed by atoms with Gasteiger partial charge in [0.2, 0.25) is 0 Å². The zero-order chi connectivity index (χ0) is 17.2. The monoisotopic (exact) mass is 319 g/mol. The molecule has 132 valence electrons. The summed E-state index contributed by atoms with van der Waals surface area (Å²) >= 11 is 0. The van der Waals surface area contributed by atoms with E-state index in [2.05, 4.69) is 46.0 Å². The van der Waals surface area contributed by atoms with E-state index in [1.54, 1.807) is 0 Å². The summed E-state index contributed by atoms with van der Waals surface area (Å²) < 4.78 is 0. The van der Waals surface area contributed by atoms with E-state index >= 15 is 0 Å². The van der Waals surface area contributed by atoms with Gasteiger partial charge in [-0.25, -0.2) is 0 Å². The maximum absolute atomic E-state index is 10.6. The first-order chi connectivity index (χ1) is 11.0. The predicted octanol–water partition coefficient (Wildman–Crippen LogP) is 5.66. The van der Waals surface area contributed by atoms with Gasteiger partial charge >= 0.3 is 0 Å². The van der Waals surface area contributed by atoms with Crippen molar-refractivity contribution in [2.45, 2.75) is 86.1 Å². The van der Waals surface area contributed by atoms with Crippen LogP contribution in [0.5, 0.6) is 5.75 Å². The summed E-state index contributed by atoms with van der Waals surface area (Å²) in [5.41, 5.74) is 4.78. The highest BCUT2D eigenvalue weighted by molar-refractivity contribution is 5.49. The van der Waals surface area contributed by atoms with Crippen molar-refractivity contribution in [1.82, 2.24) is 5.32 Å². The van der Waals surface area contributed by atoms with Gasteiger partial charge in [0.25, 0.3) is 0 Å². The number of rotatable bonds is 11. The zero-order valence-electron chi connectivity index (χ0n) is 16.0. The van der Waals surface area contributed by atoms with E-state index in [1.165, 1.54) is 49.7 Å². The van der Waals surface area contributed by atoms with Crippen molar-refractivity contribution in [1.29, 1.82) is 0 Å². The van der Waals surface area contributed by atoms with Gasteiger partial charge < -0.3 is 10.4 Å². The molecular formula is C21H37NO. The van der Waals surface area contributed by atoms with E-state index in [-0.39, 0.29) is 0 Å². The second kappa shape index (κ2) is 10.7. The van der Waals surface area contributed by atoms with Crippen molar-refractivity contribution in [3.63, 3.8) is 0 Å². The second-order valence-electron chi connectivity index (χ2n) is 6.96. The predicted molar refractivity (Wildman–Crippen MR) is 101 cm³/mol. The fourth-order valence-corrected chi connectivity index (χ4v) is 3.29. The Morgan fingerprint density at radius 1 is 1.09 bits per heavy atom. The summed E-state index contributed by atoms with van der Waals surface area (Å²) in [5, 5.41) is 14.1. The zero-order valence-corrected chi connectivity index (χ0v) is 16.0. The Hall–Kier alpha value is -1.02. The Morgan fingerprint density at radius 2 is 1.78 bits per heavy atom. The van der Waals surface area contributed by atoms with Crippen LogP contribution in [0.25, 0.3) is 0 Å². The number of phenols is 1. The molecule has 1 unspecified atom stereocenters. The van der Waals surface area contributed by atoms with Gasteiger partial charge in [0.1, 0.15) is 5.75 Å². The first kappa shape index (κ1) is 20.0. The third-order valence-electron chi connectivity index (χ3n) is 5.04. The first-order valence-corrected chi connectivity index (χ1v) is 9.56. The third kappa shape index (κ3) is 6.18. The van der Waals surface area contributed by atoms with Crippen molar-refractivity contribution in [2.24, 2.45) is 5.92 Å². The minimum Gasteiger partial charge on any atom is -0.507 e. The fraction of sp³-hybridized carbons (Fsp3) is 0.714. The maximum atomic E-state index is 10.6. The molecule has 1 aromatic rings. The van der Waals surface area contributed by atoms with Crippen molar-refractivity contribution in [3.8, 4) is 5.75 Å². The lowest BCUT2D eigenvalue weighted by molar-refractivity contribution is 0.423. The molecule has 0 amide bonds. The lowest BCUT2D eigenvalue weighted by atomic mass is 9.88. The molecular weight excluding hydrogens is 282 g/mol. The molecule has 1 atom stereocenters. The summed E-state index contributed by atoms with van der Waals surface area (Å²) in [6.07, 6.45) is 8.43. The van der Waals surface area contributed by atoms with Crippen LogP contribution in [0.1, 0.15) is 81.5 Å². The van der Waals surface area contributed by atoms with E-state index in [9.17, 15) is 5.11 Å². The summed E-state index contributed by atoms with van der Waals surface area (Å²) in [4.78, 5) is 0. The molecule has 0 aliphatic rings. The molecule has 0 saturated carbocycles. The van der Waals surface area contributed by atoms with Gasteiger partial charge in [-0.2, -0.15) is 0 Å². The number of nitrogens with one attached hydrogen (secondary N) is 1. The van der Waals surface area contributed by atoms with Gasteiger partial charge in [-0.3, -0.25) is 0 Å². The molecule has 0 radical (unpaired) electrons. The Kier molecular flexibility index (Phi) is 9.31. The number of benzene rings is 1. The molecule has 2 heteroatoms. The van der Waals surface area contributed by atoms with Crippen molar-refractivity contribution >= 4 is 0 Å². The number of hydrogen-bond donors (Lipinski definition) is 2. The number of hydrogen-bond acceptors (Lipinski definition) is 2. The standard InChI is InChI=1S/C21H37NO/c1-6-9-11-18(8-3)14-19-13-16(4)20(17(5)21(19)23)15-22-12-10-7-2/h13,18,22-23H,6-12,14-15H2,1-5H3. The largest absolute Gasteiger partial charge is 0.507 e. The average Bonchev–Trinajstić information content (AvgIpc) is 2.55. The smallest absolute Gasteiger partial charge is 0.122 e. The minimum atomic E-state index is 0.526. The van der Waals surface area contributed by atoms with Crippen LogP contribution in [-0.2, 0) is 13.0 Å². The van der Waals surface area contributed by atoms with E-state index in [0.29, 0.717) is 11.7 Å². The molecule has 0 spiro atoms. The molecule has 2 nitrogen and oxygen atoms in total. The van der Waals surface area contributed by atoms with Crippen LogP contribution in [0.3, 0.4) is 0 Å². The number of unbranched alkanes of at least 4 members (excludes halogenated alkanes) is 2. The Balaban J connectivity index is 2.83. The van der Waals surface area contributed by atoms with Gasteiger partial charge in [-0.1, -0.05) is 58.9 Å². The summed E-state index contributed by atoms with van der Waals surface area (Å²) in [6, 6.07) is 2.22. The van der Waals surface area contributed by atoms with Crippen LogP contribution in [0.2, 0.25) is 0 Å². The van der Waals surface area contributed by atoms with Crippen LogP contribution < -0.4 is 5.32 Å². The molecule has 23 heavy (non-hydrogen) atoms. The van der Waals surface area contributed by atoms with Crippen LogP contribution in [-0.4, -0.2) is 11.7 Å². The van der Waals surface area contributed by atoms with Crippen molar-refractivity contribution in [3.05, 3.63) is 28.3 Å². The highest BCUT2D eigenvalue weighted by atomic mass is 16.3. The van der Waals surface area contributed by atoms with Gasteiger partial charge in [0, 0.05) is 6.54 Å². The Labute approximate surface area is 143 Å². The molecule has 0 bridgehead atoms. The van der Waals surface area contributed by atoms with E-state index in [0.717, 1.165) is 30.6 Å². The average molecular weight is 320 g/mol. The highest BCUT2D eigenvalue weighted by Gasteiger charge is 2.15. The molecule has 0 fully saturated rings. The number of aryl methyl sites for hydroxylation is 1. The minimum absolute atomic E-state index is 0.526. The van der Waals surface area contributed by atoms with Crippen molar-refractivity contribution < 1.29 is 5.11 Å². The number of phenolic OH excluding ortho intramolecular Hbond substituents is 1. The lowest BCUT2D eigenvalue weighted by Gasteiger charge is -2.19. The van der Waals surface area contributed by atoms with Crippen LogP contribution in [0.4, 0.5) is 0 Å². The van der Waals surface area contributed by atoms with Gasteiger partial charge in [0.15, 0.2) is 0 Å². The van der Waals surface area contributed by atoms with Gasteiger partial charge in [0.05, 0.1) is 0 Å². The summed E-state index contributed by atoms with van der Waals surface area (Å²) in [6.45, 7) is 12.9. The fourth-order valence-electron chi connectivity index (χ4n) is 3.29. The molecule has 2 N–H and O–H groups in total. The third-order valence-corrected chi connectivity index (χ3v) is 5.04. The van der Waals surface area contributed by atoms with Crippen molar-refractivity contribution in [2.75, 3.05) is 6.54 Å². The maximum Gasteiger partial charge on any atom is 0.122 e. The van der Waals surface area contributed by atoms with Crippen LogP contribution in [0, 0.1) is 19.8 Å². The Bertz CT molecular complexity index is 467. The van der Waals surface area contributed by atoms with E-state index < -0.39 is 0 Å². The molecule has 0 aliphatic heterocycles. The SMILES string of the molecule is CCCCNCc1c(C)cc(CC(CC)CCCC)c(O)c1C. The normalized spacial score (nSPS) is 12.6. The highest BCUT2D eigenvalue weighted by Crippen LogP contribution is 2.31. The summed E-state index contributed by atoms with van der Waals surface area (Å²) in [5.74, 6) is 1.21. The van der Waals surface area contributed by atoms with E-state index in [4.69, 9.17) is 0 Å². The van der Waals surface area contributed by atoms with Crippen LogP contribution in [0.15, 0.2) is 6.07 Å². The second-order valence-corrected chi connectivity index (χ2v) is 6.96. The summed E-state index contributed by atoms with van der Waals surface area (Å²) in [7, 11) is 0. The molecule has 0 aliphatic carbocycles. The molecule has 0 aromatic heterocycles.